The quantitative estimate of drug-likeness (QED) is 0.371. The Labute approximate surface area is 130 Å². The zero-order chi connectivity index (χ0) is 14.5. The Balaban J connectivity index is 2.19. The van der Waals surface area contributed by atoms with Crippen molar-refractivity contribution >= 4 is 28.3 Å². The monoisotopic (exact) mass is 385 g/mol. The number of ether oxygens (including phenoxy) is 1. The maximum Gasteiger partial charge on any atom is 0.129 e. The fraction of sp³-hybridized carbons (Fsp3) is 0.133. The molecule has 0 saturated heterocycles. The van der Waals surface area contributed by atoms with E-state index in [2.05, 4.69) is 27.7 Å². The first-order chi connectivity index (χ1) is 9.60. The number of hydrogen-bond acceptors (Lipinski definition) is 3. The molecule has 0 spiro atoms. The van der Waals surface area contributed by atoms with Crippen LogP contribution in [0.2, 0.25) is 0 Å². The van der Waals surface area contributed by atoms with E-state index in [9.17, 15) is 4.39 Å². The minimum atomic E-state index is -0.399. The Kier molecular flexibility index (Phi) is 4.94. The number of benzene rings is 2. The SMILES string of the molecule is C/C(=N/O)c1cc(F)ccc1OCc1ccc(I)cc1. The summed E-state index contributed by atoms with van der Waals surface area (Å²) < 4.78 is 20.1. The molecule has 2 aromatic rings. The lowest BCUT2D eigenvalue weighted by Crippen LogP contribution is -2.03. The largest absolute Gasteiger partial charge is 0.488 e. The Hall–Kier alpha value is -1.63. The van der Waals surface area contributed by atoms with Crippen molar-refractivity contribution in [1.82, 2.24) is 0 Å². The molecule has 0 heterocycles. The van der Waals surface area contributed by atoms with Crippen LogP contribution in [0.15, 0.2) is 47.6 Å². The zero-order valence-corrected chi connectivity index (χ0v) is 13.0. The van der Waals surface area contributed by atoms with Crippen molar-refractivity contribution in [1.29, 1.82) is 0 Å². The van der Waals surface area contributed by atoms with Crippen LogP contribution in [0.4, 0.5) is 4.39 Å². The molecule has 0 saturated carbocycles. The normalized spacial score (nSPS) is 11.4. The smallest absolute Gasteiger partial charge is 0.129 e. The van der Waals surface area contributed by atoms with Gasteiger partial charge in [-0.05, 0) is 65.4 Å². The van der Waals surface area contributed by atoms with Crippen LogP contribution in [-0.4, -0.2) is 10.9 Å². The number of hydrogen-bond donors (Lipinski definition) is 1. The van der Waals surface area contributed by atoms with Gasteiger partial charge in [-0.3, -0.25) is 0 Å². The van der Waals surface area contributed by atoms with Crippen LogP contribution in [-0.2, 0) is 6.61 Å². The van der Waals surface area contributed by atoms with Gasteiger partial charge < -0.3 is 9.94 Å². The molecule has 104 valence electrons. The Morgan fingerprint density at radius 1 is 1.25 bits per heavy atom. The third-order valence-corrected chi connectivity index (χ3v) is 3.51. The predicted octanol–water partition coefficient (Wildman–Crippen LogP) is 4.21. The van der Waals surface area contributed by atoms with Crippen molar-refractivity contribution in [3.8, 4) is 5.75 Å². The molecule has 0 amide bonds. The lowest BCUT2D eigenvalue weighted by molar-refractivity contribution is 0.303. The summed E-state index contributed by atoms with van der Waals surface area (Å²) >= 11 is 2.23. The van der Waals surface area contributed by atoms with Gasteiger partial charge in [0.2, 0.25) is 0 Å². The highest BCUT2D eigenvalue weighted by molar-refractivity contribution is 14.1. The molecule has 3 nitrogen and oxygen atoms in total. The summed E-state index contributed by atoms with van der Waals surface area (Å²) in [5.41, 5.74) is 1.76. The summed E-state index contributed by atoms with van der Waals surface area (Å²) in [6, 6.07) is 12.1. The second-order valence-electron chi connectivity index (χ2n) is 4.24. The first-order valence-corrected chi connectivity index (χ1v) is 7.04. The van der Waals surface area contributed by atoms with Crippen LogP contribution in [0, 0.1) is 9.39 Å². The number of oxime groups is 1. The zero-order valence-electron chi connectivity index (χ0n) is 10.8. The van der Waals surface area contributed by atoms with E-state index >= 15 is 0 Å². The van der Waals surface area contributed by atoms with Crippen molar-refractivity contribution in [2.24, 2.45) is 5.16 Å². The summed E-state index contributed by atoms with van der Waals surface area (Å²) in [7, 11) is 0. The van der Waals surface area contributed by atoms with Gasteiger partial charge in [0, 0.05) is 9.13 Å². The number of nitrogens with zero attached hydrogens (tertiary/aromatic N) is 1. The first-order valence-electron chi connectivity index (χ1n) is 5.96. The van der Waals surface area contributed by atoms with Gasteiger partial charge in [-0.25, -0.2) is 4.39 Å². The van der Waals surface area contributed by atoms with Gasteiger partial charge in [0.1, 0.15) is 18.2 Å². The van der Waals surface area contributed by atoms with E-state index in [0.717, 1.165) is 9.13 Å². The highest BCUT2D eigenvalue weighted by atomic mass is 127. The van der Waals surface area contributed by atoms with Crippen molar-refractivity contribution in [3.05, 3.63) is 63.0 Å². The molecule has 0 atom stereocenters. The lowest BCUT2D eigenvalue weighted by atomic mass is 10.1. The van der Waals surface area contributed by atoms with E-state index in [4.69, 9.17) is 9.94 Å². The van der Waals surface area contributed by atoms with Crippen LogP contribution in [0.25, 0.3) is 0 Å². The van der Waals surface area contributed by atoms with E-state index in [1.54, 1.807) is 6.92 Å². The van der Waals surface area contributed by atoms with Crippen LogP contribution in [0.3, 0.4) is 0 Å². The van der Waals surface area contributed by atoms with Gasteiger partial charge >= 0.3 is 0 Å². The van der Waals surface area contributed by atoms with Gasteiger partial charge in [-0.15, -0.1) is 0 Å². The fourth-order valence-electron chi connectivity index (χ4n) is 1.71. The Bertz CT molecular complexity index is 626. The molecule has 0 aliphatic heterocycles. The molecule has 0 bridgehead atoms. The van der Waals surface area contributed by atoms with E-state index < -0.39 is 5.82 Å². The lowest BCUT2D eigenvalue weighted by Gasteiger charge is -2.11. The van der Waals surface area contributed by atoms with E-state index in [-0.39, 0.29) is 0 Å². The summed E-state index contributed by atoms with van der Waals surface area (Å²) in [5.74, 6) is 0.0878. The average Bonchev–Trinajstić information content (AvgIpc) is 2.46. The van der Waals surface area contributed by atoms with Crippen LogP contribution in [0.5, 0.6) is 5.75 Å². The standard InChI is InChI=1S/C15H13FINO2/c1-10(18-19)14-8-12(16)4-7-15(14)20-9-11-2-5-13(17)6-3-11/h2-8,19H,9H2,1H3/b18-10-. The molecule has 5 heteroatoms. The second-order valence-corrected chi connectivity index (χ2v) is 5.49. The molecule has 0 radical (unpaired) electrons. The van der Waals surface area contributed by atoms with Crippen LogP contribution < -0.4 is 4.74 Å². The predicted molar refractivity (Wildman–Crippen MR) is 83.9 cm³/mol. The molecular weight excluding hydrogens is 372 g/mol. The maximum atomic E-state index is 13.3. The van der Waals surface area contributed by atoms with Crippen molar-refractivity contribution in [2.45, 2.75) is 13.5 Å². The highest BCUT2D eigenvalue weighted by Gasteiger charge is 2.09. The molecular formula is C15H13FINO2. The second kappa shape index (κ2) is 6.69. The number of rotatable bonds is 4. The van der Waals surface area contributed by atoms with E-state index in [1.165, 1.54) is 18.2 Å². The van der Waals surface area contributed by atoms with Crippen molar-refractivity contribution in [3.63, 3.8) is 0 Å². The number of halogens is 2. The minimum Gasteiger partial charge on any atom is -0.488 e. The van der Waals surface area contributed by atoms with Gasteiger partial charge in [0.25, 0.3) is 0 Å². The summed E-state index contributed by atoms with van der Waals surface area (Å²) in [6.45, 7) is 1.96. The van der Waals surface area contributed by atoms with E-state index in [0.29, 0.717) is 23.6 Å². The average molecular weight is 385 g/mol. The Morgan fingerprint density at radius 3 is 2.60 bits per heavy atom. The molecule has 0 unspecified atom stereocenters. The third kappa shape index (κ3) is 3.69. The molecule has 20 heavy (non-hydrogen) atoms. The van der Waals surface area contributed by atoms with Gasteiger partial charge in [-0.2, -0.15) is 0 Å². The van der Waals surface area contributed by atoms with Gasteiger partial charge in [0.15, 0.2) is 0 Å². The highest BCUT2D eigenvalue weighted by Crippen LogP contribution is 2.22. The fourth-order valence-corrected chi connectivity index (χ4v) is 2.07. The topological polar surface area (TPSA) is 41.8 Å². The van der Waals surface area contributed by atoms with Gasteiger partial charge in [-0.1, -0.05) is 17.3 Å². The van der Waals surface area contributed by atoms with Crippen molar-refractivity contribution < 1.29 is 14.3 Å². The molecule has 2 rings (SSSR count). The maximum absolute atomic E-state index is 13.3. The van der Waals surface area contributed by atoms with Gasteiger partial charge in [0.05, 0.1) is 5.71 Å². The third-order valence-electron chi connectivity index (χ3n) is 2.79. The molecule has 1 N–H and O–H groups in total. The Morgan fingerprint density at radius 2 is 1.95 bits per heavy atom. The molecule has 2 aromatic carbocycles. The first kappa shape index (κ1) is 14.8. The molecule has 0 aliphatic rings. The minimum absolute atomic E-state index is 0.308. The van der Waals surface area contributed by atoms with Crippen molar-refractivity contribution in [2.75, 3.05) is 0 Å². The van der Waals surface area contributed by atoms with Crippen LogP contribution >= 0.6 is 22.6 Å². The molecule has 0 fully saturated rings. The summed E-state index contributed by atoms with van der Waals surface area (Å²) in [5, 5.41) is 11.9. The molecule has 0 aromatic heterocycles. The molecule has 0 aliphatic carbocycles. The summed E-state index contributed by atoms with van der Waals surface area (Å²) in [4.78, 5) is 0. The summed E-state index contributed by atoms with van der Waals surface area (Å²) in [6.07, 6.45) is 0. The van der Waals surface area contributed by atoms with E-state index in [1.807, 2.05) is 24.3 Å². The van der Waals surface area contributed by atoms with Crippen LogP contribution in [0.1, 0.15) is 18.1 Å².